The summed E-state index contributed by atoms with van der Waals surface area (Å²) in [5.41, 5.74) is 1.36. The van der Waals surface area contributed by atoms with Gasteiger partial charge in [0.2, 0.25) is 11.8 Å². The molecule has 2 aromatic rings. The summed E-state index contributed by atoms with van der Waals surface area (Å²) in [6.45, 7) is 0.538. The molecule has 0 aromatic heterocycles. The summed E-state index contributed by atoms with van der Waals surface area (Å²) in [6.07, 6.45) is 4.51. The highest BCUT2D eigenvalue weighted by atomic mass is 35.5. The molecule has 2 amide bonds. The van der Waals surface area contributed by atoms with Crippen molar-refractivity contribution < 1.29 is 19.1 Å². The number of carbonyl (C=O) groups is 2. The lowest BCUT2D eigenvalue weighted by atomic mass is 10.1. The number of amides is 2. The molecule has 0 bridgehead atoms. The number of nitrogens with one attached hydrogen (secondary N) is 1. The average molecular weight is 415 g/mol. The first-order valence-electron chi connectivity index (χ1n) is 9.29. The molecule has 1 saturated heterocycles. The Hall–Kier alpha value is -2.99. The fourth-order valence-electron chi connectivity index (χ4n) is 3.30. The van der Waals surface area contributed by atoms with E-state index in [0.29, 0.717) is 40.7 Å². The second kappa shape index (κ2) is 9.47. The standard InChI is InChI=1S/C22H23ClN2O4/c1-28-18-9-7-17(8-10-18)24-22(27)19-4-3-13-25(19)21(26)12-5-15-14-16(23)6-11-20(15)29-2/h5-12,14,19H,3-4,13H2,1-2H3,(H,24,27). The SMILES string of the molecule is COc1ccc(NC(=O)C2CCCN2C(=O)C=Cc2cc(Cl)ccc2OC)cc1. The zero-order valence-corrected chi connectivity index (χ0v) is 17.1. The first-order valence-corrected chi connectivity index (χ1v) is 9.66. The monoisotopic (exact) mass is 414 g/mol. The molecule has 1 aliphatic heterocycles. The predicted molar refractivity (Wildman–Crippen MR) is 113 cm³/mol. The molecule has 1 aliphatic rings. The Kier molecular flexibility index (Phi) is 6.77. The second-order valence-corrected chi connectivity index (χ2v) is 7.06. The van der Waals surface area contributed by atoms with Crippen LogP contribution in [0, 0.1) is 0 Å². The van der Waals surface area contributed by atoms with Crippen LogP contribution in [0.1, 0.15) is 18.4 Å². The minimum absolute atomic E-state index is 0.199. The molecule has 0 radical (unpaired) electrons. The van der Waals surface area contributed by atoms with Crippen LogP contribution in [0.4, 0.5) is 5.69 Å². The van der Waals surface area contributed by atoms with E-state index in [1.807, 2.05) is 0 Å². The molecule has 29 heavy (non-hydrogen) atoms. The Morgan fingerprint density at radius 2 is 1.90 bits per heavy atom. The van der Waals surface area contributed by atoms with Crippen LogP contribution >= 0.6 is 11.6 Å². The molecular weight excluding hydrogens is 392 g/mol. The molecule has 3 rings (SSSR count). The van der Waals surface area contributed by atoms with E-state index >= 15 is 0 Å². The number of nitrogens with zero attached hydrogens (tertiary/aromatic N) is 1. The van der Waals surface area contributed by atoms with Crippen molar-refractivity contribution in [1.29, 1.82) is 0 Å². The first kappa shape index (κ1) is 20.7. The largest absolute Gasteiger partial charge is 0.497 e. The van der Waals surface area contributed by atoms with Crippen LogP contribution < -0.4 is 14.8 Å². The average Bonchev–Trinajstić information content (AvgIpc) is 3.23. The summed E-state index contributed by atoms with van der Waals surface area (Å²) < 4.78 is 10.4. The summed E-state index contributed by atoms with van der Waals surface area (Å²) >= 11 is 6.03. The third kappa shape index (κ3) is 5.09. The van der Waals surface area contributed by atoms with Crippen LogP contribution in [0.15, 0.2) is 48.5 Å². The van der Waals surface area contributed by atoms with Gasteiger partial charge >= 0.3 is 0 Å². The van der Waals surface area contributed by atoms with Gasteiger partial charge < -0.3 is 19.7 Å². The van der Waals surface area contributed by atoms with E-state index in [0.717, 1.165) is 6.42 Å². The molecule has 2 aromatic carbocycles. The van der Waals surface area contributed by atoms with Crippen LogP contribution in [0.3, 0.4) is 0 Å². The molecule has 7 heteroatoms. The van der Waals surface area contributed by atoms with Gasteiger partial charge in [-0.05, 0) is 61.4 Å². The summed E-state index contributed by atoms with van der Waals surface area (Å²) in [4.78, 5) is 27.0. The van der Waals surface area contributed by atoms with Gasteiger partial charge in [-0.25, -0.2) is 0 Å². The van der Waals surface area contributed by atoms with Gasteiger partial charge in [0.15, 0.2) is 0 Å². The molecule has 1 heterocycles. The fraction of sp³-hybridized carbons (Fsp3) is 0.273. The molecule has 0 saturated carbocycles. The highest BCUT2D eigenvalue weighted by Gasteiger charge is 2.33. The zero-order chi connectivity index (χ0) is 20.8. The highest BCUT2D eigenvalue weighted by molar-refractivity contribution is 6.30. The van der Waals surface area contributed by atoms with Gasteiger partial charge in [-0.3, -0.25) is 9.59 Å². The van der Waals surface area contributed by atoms with E-state index in [9.17, 15) is 9.59 Å². The van der Waals surface area contributed by atoms with E-state index in [-0.39, 0.29) is 11.8 Å². The van der Waals surface area contributed by atoms with Crippen molar-refractivity contribution in [3.63, 3.8) is 0 Å². The van der Waals surface area contributed by atoms with Gasteiger partial charge in [0, 0.05) is 28.9 Å². The lowest BCUT2D eigenvalue weighted by Crippen LogP contribution is -2.42. The predicted octanol–water partition coefficient (Wildman–Crippen LogP) is 4.00. The quantitative estimate of drug-likeness (QED) is 0.725. The minimum atomic E-state index is -0.504. The maximum Gasteiger partial charge on any atom is 0.247 e. The van der Waals surface area contributed by atoms with E-state index in [2.05, 4.69) is 5.32 Å². The number of halogens is 1. The molecule has 1 fully saturated rings. The van der Waals surface area contributed by atoms with Gasteiger partial charge in [0.25, 0.3) is 0 Å². The number of anilines is 1. The van der Waals surface area contributed by atoms with E-state index in [1.54, 1.807) is 67.7 Å². The summed E-state index contributed by atoms with van der Waals surface area (Å²) in [6, 6.07) is 11.8. The summed E-state index contributed by atoms with van der Waals surface area (Å²) in [5, 5.41) is 3.42. The van der Waals surface area contributed by atoms with Gasteiger partial charge in [0.1, 0.15) is 17.5 Å². The van der Waals surface area contributed by atoms with Gasteiger partial charge in [-0.15, -0.1) is 0 Å². The summed E-state index contributed by atoms with van der Waals surface area (Å²) in [5.74, 6) is 0.907. The second-order valence-electron chi connectivity index (χ2n) is 6.63. The Labute approximate surface area is 175 Å². The van der Waals surface area contributed by atoms with Crippen LogP contribution in [0.25, 0.3) is 6.08 Å². The Bertz CT molecular complexity index is 912. The van der Waals surface area contributed by atoms with Gasteiger partial charge in [0.05, 0.1) is 14.2 Å². The molecule has 1 N–H and O–H groups in total. The smallest absolute Gasteiger partial charge is 0.247 e. The van der Waals surface area contributed by atoms with Crippen LogP contribution in [0.5, 0.6) is 11.5 Å². The van der Waals surface area contributed by atoms with Crippen molar-refractivity contribution in [3.05, 3.63) is 59.1 Å². The van der Waals surface area contributed by atoms with Gasteiger partial charge in [-0.2, -0.15) is 0 Å². The fourth-order valence-corrected chi connectivity index (χ4v) is 3.48. The van der Waals surface area contributed by atoms with Crippen molar-refractivity contribution in [2.75, 3.05) is 26.1 Å². The number of likely N-dealkylation sites (tertiary alicyclic amines) is 1. The number of hydrogen-bond donors (Lipinski definition) is 1. The Morgan fingerprint density at radius 3 is 2.59 bits per heavy atom. The number of ether oxygens (including phenoxy) is 2. The maximum absolute atomic E-state index is 12.7. The number of carbonyl (C=O) groups excluding carboxylic acids is 2. The topological polar surface area (TPSA) is 67.9 Å². The number of benzene rings is 2. The lowest BCUT2D eigenvalue weighted by molar-refractivity contribution is -0.132. The minimum Gasteiger partial charge on any atom is -0.497 e. The highest BCUT2D eigenvalue weighted by Crippen LogP contribution is 2.25. The van der Waals surface area contributed by atoms with E-state index in [1.165, 1.54) is 6.08 Å². The Balaban J connectivity index is 1.68. The molecule has 1 unspecified atom stereocenters. The molecule has 6 nitrogen and oxygen atoms in total. The Morgan fingerprint density at radius 1 is 1.14 bits per heavy atom. The van der Waals surface area contributed by atoms with Crippen molar-refractivity contribution in [2.24, 2.45) is 0 Å². The van der Waals surface area contributed by atoms with Crippen molar-refractivity contribution in [2.45, 2.75) is 18.9 Å². The first-order chi connectivity index (χ1) is 14.0. The number of rotatable bonds is 6. The number of hydrogen-bond acceptors (Lipinski definition) is 4. The van der Waals surface area contributed by atoms with Crippen molar-refractivity contribution in [3.8, 4) is 11.5 Å². The maximum atomic E-state index is 12.7. The molecule has 0 aliphatic carbocycles. The third-order valence-electron chi connectivity index (χ3n) is 4.79. The van der Waals surface area contributed by atoms with E-state index in [4.69, 9.17) is 21.1 Å². The normalized spacial score (nSPS) is 16.1. The summed E-state index contributed by atoms with van der Waals surface area (Å²) in [7, 11) is 3.14. The molecule has 0 spiro atoms. The number of methoxy groups -OCH3 is 2. The van der Waals surface area contributed by atoms with Crippen LogP contribution in [-0.2, 0) is 9.59 Å². The van der Waals surface area contributed by atoms with Crippen LogP contribution in [-0.4, -0.2) is 43.5 Å². The van der Waals surface area contributed by atoms with Gasteiger partial charge in [-0.1, -0.05) is 11.6 Å². The van der Waals surface area contributed by atoms with E-state index < -0.39 is 6.04 Å². The molecular formula is C22H23ClN2O4. The van der Waals surface area contributed by atoms with Crippen molar-refractivity contribution in [1.82, 2.24) is 4.90 Å². The lowest BCUT2D eigenvalue weighted by Gasteiger charge is -2.22. The third-order valence-corrected chi connectivity index (χ3v) is 5.03. The molecule has 152 valence electrons. The van der Waals surface area contributed by atoms with Crippen LogP contribution in [0.2, 0.25) is 5.02 Å². The van der Waals surface area contributed by atoms with Crippen molar-refractivity contribution >= 4 is 35.2 Å². The molecule has 1 atom stereocenters. The zero-order valence-electron chi connectivity index (χ0n) is 16.4.